The van der Waals surface area contributed by atoms with Crippen LogP contribution < -0.4 is 4.90 Å². The summed E-state index contributed by atoms with van der Waals surface area (Å²) in [5.41, 5.74) is 0.0360. The summed E-state index contributed by atoms with van der Waals surface area (Å²) >= 11 is 0. The normalized spacial score (nSPS) is 9.31. The first kappa shape index (κ1) is 11.8. The fourth-order valence-electron chi connectivity index (χ4n) is 1.13. The van der Waals surface area contributed by atoms with Crippen molar-refractivity contribution in [1.29, 1.82) is 0 Å². The number of para-hydroxylation sites is 1. The fourth-order valence-corrected chi connectivity index (χ4v) is 1.13. The van der Waals surface area contributed by atoms with E-state index in [1.807, 2.05) is 6.07 Å². The van der Waals surface area contributed by atoms with Gasteiger partial charge in [0.05, 0.1) is 0 Å². The first-order valence-corrected chi connectivity index (χ1v) is 4.48. The predicted molar refractivity (Wildman–Crippen MR) is 58.2 cm³/mol. The zero-order valence-electron chi connectivity index (χ0n) is 8.62. The maximum absolute atomic E-state index is 10.6. The van der Waals surface area contributed by atoms with Crippen LogP contribution in [0, 0.1) is 0 Å². The molecule has 0 aliphatic rings. The smallest absolute Gasteiger partial charge is 0.344 e. The molecule has 1 aromatic rings. The molecule has 0 unspecified atom stereocenters. The van der Waals surface area contributed by atoms with Gasteiger partial charge in [0.15, 0.2) is 5.57 Å². The third-order valence-electron chi connectivity index (χ3n) is 1.95. The lowest BCUT2D eigenvalue weighted by Gasteiger charge is -2.14. The molecule has 0 aliphatic carbocycles. The Morgan fingerprint density at radius 3 is 2.06 bits per heavy atom. The van der Waals surface area contributed by atoms with Crippen molar-refractivity contribution in [3.63, 3.8) is 0 Å². The van der Waals surface area contributed by atoms with Crippen LogP contribution in [0.15, 0.2) is 42.1 Å². The molecule has 1 aromatic carbocycles. The number of carboxylic acids is 2. The van der Waals surface area contributed by atoms with Gasteiger partial charge in [0.1, 0.15) is 0 Å². The van der Waals surface area contributed by atoms with Crippen LogP contribution in [0.1, 0.15) is 0 Å². The Kier molecular flexibility index (Phi) is 3.66. The molecule has 5 heteroatoms. The third-order valence-corrected chi connectivity index (χ3v) is 1.95. The Morgan fingerprint density at radius 2 is 1.62 bits per heavy atom. The highest BCUT2D eigenvalue weighted by Gasteiger charge is 2.16. The molecule has 0 atom stereocenters. The number of hydrogen-bond donors (Lipinski definition) is 2. The molecule has 0 aromatic heterocycles. The first-order valence-electron chi connectivity index (χ1n) is 4.48. The van der Waals surface area contributed by atoms with E-state index in [0.717, 1.165) is 6.20 Å². The second-order valence-electron chi connectivity index (χ2n) is 3.10. The summed E-state index contributed by atoms with van der Waals surface area (Å²) in [5, 5.41) is 17.3. The van der Waals surface area contributed by atoms with Gasteiger partial charge in [0.25, 0.3) is 0 Å². The van der Waals surface area contributed by atoms with Crippen LogP contribution in [0.3, 0.4) is 0 Å². The van der Waals surface area contributed by atoms with Crippen molar-refractivity contribution in [2.45, 2.75) is 0 Å². The van der Waals surface area contributed by atoms with Crippen LogP contribution in [0.2, 0.25) is 0 Å². The van der Waals surface area contributed by atoms with E-state index in [-0.39, 0.29) is 0 Å². The average Bonchev–Trinajstić information content (AvgIpc) is 2.25. The van der Waals surface area contributed by atoms with Crippen molar-refractivity contribution in [2.24, 2.45) is 0 Å². The second kappa shape index (κ2) is 4.97. The maximum Gasteiger partial charge on any atom is 0.344 e. The van der Waals surface area contributed by atoms with Crippen molar-refractivity contribution < 1.29 is 19.8 Å². The number of anilines is 1. The molecule has 16 heavy (non-hydrogen) atoms. The Labute approximate surface area is 92.2 Å². The van der Waals surface area contributed by atoms with Crippen LogP contribution in [0.5, 0.6) is 0 Å². The van der Waals surface area contributed by atoms with Crippen molar-refractivity contribution in [3.8, 4) is 0 Å². The third kappa shape index (κ3) is 2.84. The number of hydrogen-bond acceptors (Lipinski definition) is 3. The van der Waals surface area contributed by atoms with Gasteiger partial charge >= 0.3 is 11.9 Å². The molecule has 0 saturated carbocycles. The quantitative estimate of drug-likeness (QED) is 0.453. The van der Waals surface area contributed by atoms with Crippen molar-refractivity contribution in [1.82, 2.24) is 0 Å². The van der Waals surface area contributed by atoms with Crippen molar-refractivity contribution in [2.75, 3.05) is 11.9 Å². The summed E-state index contributed by atoms with van der Waals surface area (Å²) in [6.45, 7) is 0. The van der Waals surface area contributed by atoms with Gasteiger partial charge in [0.2, 0.25) is 0 Å². The van der Waals surface area contributed by atoms with Gasteiger partial charge < -0.3 is 15.1 Å². The molecule has 0 saturated heterocycles. The number of aliphatic carboxylic acids is 2. The van der Waals surface area contributed by atoms with Gasteiger partial charge in [0, 0.05) is 18.9 Å². The van der Waals surface area contributed by atoms with Crippen LogP contribution in [0.4, 0.5) is 5.69 Å². The number of rotatable bonds is 4. The van der Waals surface area contributed by atoms with Gasteiger partial charge in [-0.05, 0) is 12.1 Å². The van der Waals surface area contributed by atoms with Crippen LogP contribution in [0.25, 0.3) is 0 Å². The van der Waals surface area contributed by atoms with Gasteiger partial charge in [-0.25, -0.2) is 9.59 Å². The van der Waals surface area contributed by atoms with E-state index in [9.17, 15) is 9.59 Å². The van der Waals surface area contributed by atoms with E-state index in [1.54, 1.807) is 31.3 Å². The summed E-state index contributed by atoms with van der Waals surface area (Å²) in [7, 11) is 1.58. The average molecular weight is 221 g/mol. The van der Waals surface area contributed by atoms with Gasteiger partial charge in [-0.1, -0.05) is 18.2 Å². The summed E-state index contributed by atoms with van der Waals surface area (Å²) in [4.78, 5) is 22.7. The Morgan fingerprint density at radius 1 is 1.12 bits per heavy atom. The molecule has 0 amide bonds. The minimum Gasteiger partial charge on any atom is -0.477 e. The highest BCUT2D eigenvalue weighted by atomic mass is 16.4. The number of carboxylic acid groups (broad SMARTS) is 2. The lowest BCUT2D eigenvalue weighted by molar-refractivity contribution is -0.140. The topological polar surface area (TPSA) is 77.8 Å². The Bertz CT molecular complexity index is 409. The highest BCUT2D eigenvalue weighted by Crippen LogP contribution is 2.12. The number of carbonyl (C=O) groups is 2. The molecule has 2 N–H and O–H groups in total. The molecule has 1 rings (SSSR count). The second-order valence-corrected chi connectivity index (χ2v) is 3.10. The zero-order chi connectivity index (χ0) is 12.1. The summed E-state index contributed by atoms with van der Waals surface area (Å²) < 4.78 is 0. The van der Waals surface area contributed by atoms with E-state index in [0.29, 0.717) is 5.69 Å². The first-order chi connectivity index (χ1) is 7.52. The lowest BCUT2D eigenvalue weighted by Crippen LogP contribution is -2.17. The lowest BCUT2D eigenvalue weighted by atomic mass is 10.2. The van der Waals surface area contributed by atoms with E-state index in [1.165, 1.54) is 4.90 Å². The van der Waals surface area contributed by atoms with Crippen LogP contribution in [-0.4, -0.2) is 29.2 Å². The van der Waals surface area contributed by atoms with Crippen LogP contribution >= 0.6 is 0 Å². The molecular formula is C11H11NO4. The van der Waals surface area contributed by atoms with Crippen molar-refractivity contribution in [3.05, 3.63) is 42.1 Å². The Balaban J connectivity index is 2.98. The molecule has 0 heterocycles. The summed E-state index contributed by atoms with van der Waals surface area (Å²) in [6, 6.07) is 8.87. The Hall–Kier alpha value is -2.30. The van der Waals surface area contributed by atoms with Crippen LogP contribution in [-0.2, 0) is 9.59 Å². The molecule has 0 spiro atoms. The van der Waals surface area contributed by atoms with Gasteiger partial charge in [-0.15, -0.1) is 0 Å². The van der Waals surface area contributed by atoms with E-state index < -0.39 is 17.5 Å². The fraction of sp³-hybridized carbons (Fsp3) is 0.0909. The number of nitrogens with zero attached hydrogens (tertiary/aromatic N) is 1. The SMILES string of the molecule is CN(C=C(C(=O)O)C(=O)O)c1ccccc1. The highest BCUT2D eigenvalue weighted by molar-refractivity contribution is 6.12. The van der Waals surface area contributed by atoms with Gasteiger partial charge in [-0.3, -0.25) is 0 Å². The van der Waals surface area contributed by atoms with E-state index in [4.69, 9.17) is 10.2 Å². The molecular weight excluding hydrogens is 210 g/mol. The largest absolute Gasteiger partial charge is 0.477 e. The predicted octanol–water partition coefficient (Wildman–Crippen LogP) is 1.18. The monoisotopic (exact) mass is 221 g/mol. The van der Waals surface area contributed by atoms with Gasteiger partial charge in [-0.2, -0.15) is 0 Å². The standard InChI is InChI=1S/C11H11NO4/c1-12(8-5-3-2-4-6-8)7-9(10(13)14)11(15)16/h2-7H,1H3,(H,13,14)(H,15,16). The molecule has 5 nitrogen and oxygen atoms in total. The minimum absolute atomic E-state index is 0.675. The minimum atomic E-state index is -1.46. The molecule has 0 radical (unpaired) electrons. The maximum atomic E-state index is 10.6. The summed E-state index contributed by atoms with van der Waals surface area (Å²) in [6.07, 6.45) is 1.07. The molecule has 84 valence electrons. The molecule has 0 fully saturated rings. The van der Waals surface area contributed by atoms with Crippen molar-refractivity contribution >= 4 is 17.6 Å². The number of benzene rings is 1. The molecule has 0 aliphatic heterocycles. The van der Waals surface area contributed by atoms with E-state index in [2.05, 4.69) is 0 Å². The van der Waals surface area contributed by atoms with E-state index >= 15 is 0 Å². The summed E-state index contributed by atoms with van der Waals surface area (Å²) in [5.74, 6) is -2.93. The molecule has 0 bridgehead atoms. The zero-order valence-corrected chi connectivity index (χ0v) is 8.62.